The maximum Gasteiger partial charge on any atom is 0.227 e. The van der Waals surface area contributed by atoms with Crippen LogP contribution in [-0.2, 0) is 6.54 Å². The van der Waals surface area contributed by atoms with Gasteiger partial charge in [0.1, 0.15) is 5.82 Å². The molecule has 3 heterocycles. The lowest BCUT2D eigenvalue weighted by atomic mass is 10.1. The molecule has 24 heavy (non-hydrogen) atoms. The number of fused-ring (bicyclic) bond motifs is 1. The highest BCUT2D eigenvalue weighted by Gasteiger charge is 2.46. The molecule has 1 aromatic heterocycles. The van der Waals surface area contributed by atoms with E-state index in [0.29, 0.717) is 5.54 Å². The minimum Gasteiger partial charge on any atom is -0.340 e. The van der Waals surface area contributed by atoms with Crippen LogP contribution in [0.3, 0.4) is 0 Å². The van der Waals surface area contributed by atoms with Crippen molar-refractivity contribution < 1.29 is 0 Å². The Hall–Kier alpha value is -2.47. The standard InChI is InChI=1S/C18H20N6/c1-2-15(9-14-11-19-10-13(1)14)22-16-3-6-20-17(23-16)24-8-7-21-18(12-24)4-5-18/h1-3,6,9,11,21H,4-5,7-8,10,12H2,(H,20,22,23). The Morgan fingerprint density at radius 2 is 2.17 bits per heavy atom. The van der Waals surface area contributed by atoms with Gasteiger partial charge in [-0.1, -0.05) is 6.07 Å². The van der Waals surface area contributed by atoms with Crippen molar-refractivity contribution in [1.29, 1.82) is 0 Å². The highest BCUT2D eigenvalue weighted by molar-refractivity contribution is 5.86. The summed E-state index contributed by atoms with van der Waals surface area (Å²) in [4.78, 5) is 15.8. The number of nitrogens with one attached hydrogen (secondary N) is 2. The summed E-state index contributed by atoms with van der Waals surface area (Å²) >= 11 is 0. The fourth-order valence-corrected chi connectivity index (χ4v) is 3.51. The average Bonchev–Trinajstić information content (AvgIpc) is 3.18. The first-order valence-corrected chi connectivity index (χ1v) is 8.53. The monoisotopic (exact) mass is 320 g/mol. The fourth-order valence-electron chi connectivity index (χ4n) is 3.51. The van der Waals surface area contributed by atoms with Crippen molar-refractivity contribution in [2.75, 3.05) is 29.9 Å². The largest absolute Gasteiger partial charge is 0.340 e. The third kappa shape index (κ3) is 2.53. The Balaban J connectivity index is 1.36. The van der Waals surface area contributed by atoms with Crippen LogP contribution >= 0.6 is 0 Å². The molecule has 0 bridgehead atoms. The van der Waals surface area contributed by atoms with Crippen LogP contribution in [0, 0.1) is 0 Å². The lowest BCUT2D eigenvalue weighted by Gasteiger charge is -2.34. The number of hydrogen-bond acceptors (Lipinski definition) is 6. The maximum absolute atomic E-state index is 4.72. The van der Waals surface area contributed by atoms with E-state index in [0.717, 1.165) is 43.6 Å². The average molecular weight is 320 g/mol. The summed E-state index contributed by atoms with van der Waals surface area (Å²) in [7, 11) is 0. The molecule has 2 aromatic rings. The molecule has 0 unspecified atom stereocenters. The predicted octanol–water partition coefficient (Wildman–Crippen LogP) is 2.09. The van der Waals surface area contributed by atoms with Crippen LogP contribution in [0.1, 0.15) is 24.0 Å². The van der Waals surface area contributed by atoms with Gasteiger partial charge in [-0.3, -0.25) is 4.99 Å². The number of anilines is 3. The molecular weight excluding hydrogens is 300 g/mol. The van der Waals surface area contributed by atoms with Crippen LogP contribution in [0.2, 0.25) is 0 Å². The van der Waals surface area contributed by atoms with Gasteiger partial charge in [-0.2, -0.15) is 4.98 Å². The molecule has 0 radical (unpaired) electrons. The van der Waals surface area contributed by atoms with Gasteiger partial charge in [-0.15, -0.1) is 0 Å². The molecule has 1 spiro atoms. The molecule has 1 aliphatic carbocycles. The minimum atomic E-state index is 0.324. The molecule has 2 fully saturated rings. The predicted molar refractivity (Wildman–Crippen MR) is 95.2 cm³/mol. The third-order valence-electron chi connectivity index (χ3n) is 5.06. The number of aliphatic imine (C=N–C) groups is 1. The van der Waals surface area contributed by atoms with Gasteiger partial charge < -0.3 is 15.5 Å². The topological polar surface area (TPSA) is 65.4 Å². The smallest absolute Gasteiger partial charge is 0.227 e. The van der Waals surface area contributed by atoms with E-state index in [-0.39, 0.29) is 0 Å². The van der Waals surface area contributed by atoms with E-state index in [1.807, 2.05) is 18.5 Å². The van der Waals surface area contributed by atoms with Crippen LogP contribution in [0.5, 0.6) is 0 Å². The number of aromatic nitrogens is 2. The SMILES string of the molecule is C1=NCc2ccc(Nc3ccnc(N4CCNC5(CC5)C4)n3)cc21. The molecule has 122 valence electrons. The second-order valence-corrected chi connectivity index (χ2v) is 6.88. The summed E-state index contributed by atoms with van der Waals surface area (Å²) in [5, 5.41) is 7.02. The fraction of sp³-hybridized carbons (Fsp3) is 0.389. The van der Waals surface area contributed by atoms with E-state index in [4.69, 9.17) is 4.98 Å². The third-order valence-corrected chi connectivity index (χ3v) is 5.06. The molecule has 5 rings (SSSR count). The molecule has 6 nitrogen and oxygen atoms in total. The van der Waals surface area contributed by atoms with Gasteiger partial charge in [-0.25, -0.2) is 4.98 Å². The van der Waals surface area contributed by atoms with Gasteiger partial charge in [0, 0.05) is 43.3 Å². The molecule has 0 atom stereocenters. The van der Waals surface area contributed by atoms with Crippen molar-refractivity contribution in [2.45, 2.75) is 24.9 Å². The Kier molecular flexibility index (Phi) is 3.06. The molecule has 0 amide bonds. The number of rotatable bonds is 3. The Morgan fingerprint density at radius 3 is 3.08 bits per heavy atom. The van der Waals surface area contributed by atoms with E-state index in [9.17, 15) is 0 Å². The summed E-state index contributed by atoms with van der Waals surface area (Å²) in [6, 6.07) is 8.25. The second-order valence-electron chi connectivity index (χ2n) is 6.88. The van der Waals surface area contributed by atoms with Crippen molar-refractivity contribution in [3.63, 3.8) is 0 Å². The molecule has 2 aliphatic heterocycles. The van der Waals surface area contributed by atoms with Crippen molar-refractivity contribution in [3.8, 4) is 0 Å². The molecular formula is C18H20N6. The summed E-state index contributed by atoms with van der Waals surface area (Å²) < 4.78 is 0. The number of nitrogens with zero attached hydrogens (tertiary/aromatic N) is 4. The highest BCUT2D eigenvalue weighted by Crippen LogP contribution is 2.38. The Labute approximate surface area is 141 Å². The number of benzene rings is 1. The van der Waals surface area contributed by atoms with Gasteiger partial charge in [-0.05, 0) is 42.2 Å². The lowest BCUT2D eigenvalue weighted by molar-refractivity contribution is 0.438. The Bertz CT molecular complexity index is 811. The van der Waals surface area contributed by atoms with Crippen molar-refractivity contribution in [3.05, 3.63) is 41.6 Å². The number of hydrogen-bond donors (Lipinski definition) is 2. The zero-order valence-corrected chi connectivity index (χ0v) is 13.5. The summed E-state index contributed by atoms with van der Waals surface area (Å²) in [6.45, 7) is 3.76. The highest BCUT2D eigenvalue weighted by atomic mass is 15.3. The summed E-state index contributed by atoms with van der Waals surface area (Å²) in [5.74, 6) is 1.65. The summed E-state index contributed by atoms with van der Waals surface area (Å²) in [6.07, 6.45) is 6.29. The molecule has 2 N–H and O–H groups in total. The summed E-state index contributed by atoms with van der Waals surface area (Å²) in [5.41, 5.74) is 3.82. The second kappa shape index (κ2) is 5.27. The van der Waals surface area contributed by atoms with Crippen molar-refractivity contribution in [2.24, 2.45) is 4.99 Å². The molecule has 3 aliphatic rings. The van der Waals surface area contributed by atoms with E-state index in [2.05, 4.69) is 43.7 Å². The maximum atomic E-state index is 4.72. The zero-order chi connectivity index (χ0) is 16.0. The number of piperazine rings is 1. The zero-order valence-electron chi connectivity index (χ0n) is 13.5. The van der Waals surface area contributed by atoms with Crippen molar-refractivity contribution >= 4 is 23.7 Å². The lowest BCUT2D eigenvalue weighted by Crippen LogP contribution is -2.53. The van der Waals surface area contributed by atoms with Gasteiger partial charge in [0.2, 0.25) is 5.95 Å². The molecule has 1 aromatic carbocycles. The Morgan fingerprint density at radius 1 is 1.21 bits per heavy atom. The van der Waals surface area contributed by atoms with Gasteiger partial charge in [0.15, 0.2) is 0 Å². The molecule has 6 heteroatoms. The van der Waals surface area contributed by atoms with Crippen molar-refractivity contribution in [1.82, 2.24) is 15.3 Å². The quantitative estimate of drug-likeness (QED) is 0.906. The van der Waals surface area contributed by atoms with Gasteiger partial charge in [0.25, 0.3) is 0 Å². The van der Waals surface area contributed by atoms with Crippen LogP contribution in [-0.4, -0.2) is 41.4 Å². The first-order valence-electron chi connectivity index (χ1n) is 8.53. The van der Waals surface area contributed by atoms with Crippen LogP contribution in [0.25, 0.3) is 0 Å². The van der Waals surface area contributed by atoms with E-state index < -0.39 is 0 Å². The van der Waals surface area contributed by atoms with E-state index >= 15 is 0 Å². The van der Waals surface area contributed by atoms with E-state index in [1.165, 1.54) is 24.0 Å². The van der Waals surface area contributed by atoms with Gasteiger partial charge in [0.05, 0.1) is 6.54 Å². The van der Waals surface area contributed by atoms with Gasteiger partial charge >= 0.3 is 0 Å². The van der Waals surface area contributed by atoms with Crippen LogP contribution < -0.4 is 15.5 Å². The molecule has 1 saturated carbocycles. The van der Waals surface area contributed by atoms with E-state index in [1.54, 1.807) is 0 Å². The van der Waals surface area contributed by atoms with Crippen LogP contribution in [0.15, 0.2) is 35.5 Å². The first-order chi connectivity index (χ1) is 11.8. The normalized spacial score (nSPS) is 20.2. The first kappa shape index (κ1) is 13.9. The molecule has 1 saturated heterocycles. The van der Waals surface area contributed by atoms with Crippen LogP contribution in [0.4, 0.5) is 17.5 Å². The minimum absolute atomic E-state index is 0.324.